The number of aliphatic hydroxyl groups excluding tert-OH is 1. The van der Waals surface area contributed by atoms with Gasteiger partial charge in [0, 0.05) is 12.0 Å². The van der Waals surface area contributed by atoms with Crippen molar-refractivity contribution in [2.75, 3.05) is 0 Å². The number of nitrogens with zero attached hydrogens (tertiary/aromatic N) is 1. The Morgan fingerprint density at radius 2 is 1.50 bits per heavy atom. The van der Waals surface area contributed by atoms with Crippen molar-refractivity contribution in [3.8, 4) is 0 Å². The van der Waals surface area contributed by atoms with Crippen molar-refractivity contribution in [2.45, 2.75) is 104 Å². The number of sulfonamides is 1. The van der Waals surface area contributed by atoms with Gasteiger partial charge in [0.15, 0.2) is 17.8 Å². The molecule has 44 heavy (non-hydrogen) atoms. The van der Waals surface area contributed by atoms with E-state index in [1.54, 1.807) is 44.2 Å². The first-order valence-corrected chi connectivity index (χ1v) is 15.8. The molecule has 2 saturated carbocycles. The predicted molar refractivity (Wildman–Crippen MR) is 175 cm³/mol. The maximum atomic E-state index is 12.2. The zero-order valence-corrected chi connectivity index (χ0v) is 25.9. The van der Waals surface area contributed by atoms with Crippen LogP contribution in [0.15, 0.2) is 88.9 Å². The molecule has 0 spiro atoms. The molecule has 9 heteroatoms. The molecule has 3 aliphatic rings. The Kier molecular flexibility index (Phi) is 14.6. The van der Waals surface area contributed by atoms with Crippen LogP contribution in [-0.4, -0.2) is 46.4 Å². The van der Waals surface area contributed by atoms with Gasteiger partial charge in [-0.05, 0) is 86.0 Å². The smallest absolute Gasteiger partial charge is 0.267 e. The zero-order chi connectivity index (χ0) is 31.2. The van der Waals surface area contributed by atoms with E-state index in [4.69, 9.17) is 4.84 Å². The number of aliphatic hydroxyl groups is 2. The molecule has 2 aromatic rings. The summed E-state index contributed by atoms with van der Waals surface area (Å²) in [4.78, 5) is 28.3. The van der Waals surface area contributed by atoms with E-state index >= 15 is 0 Å². The molecular weight excluding hydrogens is 578 g/mol. The Labute approximate surface area is 264 Å². The van der Waals surface area contributed by atoms with Crippen LogP contribution in [-0.2, 0) is 24.4 Å². The first-order valence-electron chi connectivity index (χ1n) is 14.3. The van der Waals surface area contributed by atoms with Crippen LogP contribution < -0.4 is 0 Å². The second kappa shape index (κ2) is 16.4. The SMILES string of the molecule is C.C.C=C(C)C1(O)CCC(C)C(O)C1=O.CC(C)=C1CCC(C)CC1=O.O=S(=O)(c1ccccc1)N1OC1c1ccccc1. The highest BCUT2D eigenvalue weighted by Gasteiger charge is 2.48. The largest absolute Gasteiger partial charge is 0.385 e. The molecule has 5 rings (SSSR count). The van der Waals surface area contributed by atoms with E-state index in [0.717, 1.165) is 28.4 Å². The van der Waals surface area contributed by atoms with E-state index in [-0.39, 0.29) is 25.7 Å². The van der Waals surface area contributed by atoms with Crippen LogP contribution in [0.4, 0.5) is 0 Å². The van der Waals surface area contributed by atoms with Crippen LogP contribution in [0.5, 0.6) is 0 Å². The number of hydrogen-bond acceptors (Lipinski definition) is 7. The van der Waals surface area contributed by atoms with Gasteiger partial charge in [-0.2, -0.15) is 0 Å². The number of carbonyl (C=O) groups excluding carboxylic acids is 2. The monoisotopic (exact) mass is 629 g/mol. The highest BCUT2D eigenvalue weighted by atomic mass is 32.2. The summed E-state index contributed by atoms with van der Waals surface area (Å²) in [6, 6.07) is 17.5. The quantitative estimate of drug-likeness (QED) is 0.213. The van der Waals surface area contributed by atoms with Crippen LogP contribution in [0.25, 0.3) is 0 Å². The molecule has 6 atom stereocenters. The Hall–Kier alpha value is -2.95. The summed E-state index contributed by atoms with van der Waals surface area (Å²) in [7, 11) is -3.55. The van der Waals surface area contributed by atoms with Crippen LogP contribution in [0.2, 0.25) is 0 Å². The van der Waals surface area contributed by atoms with Crippen LogP contribution in [0.1, 0.15) is 93.4 Å². The fourth-order valence-corrected chi connectivity index (χ4v) is 6.27. The molecule has 2 aliphatic carbocycles. The minimum atomic E-state index is -3.55. The summed E-state index contributed by atoms with van der Waals surface area (Å²) in [6.07, 6.45) is 2.43. The lowest BCUT2D eigenvalue weighted by atomic mass is 9.73. The van der Waals surface area contributed by atoms with Gasteiger partial charge in [0.05, 0.1) is 4.90 Å². The van der Waals surface area contributed by atoms with Crippen molar-refractivity contribution in [3.05, 3.63) is 89.5 Å². The summed E-state index contributed by atoms with van der Waals surface area (Å²) in [5.41, 5.74) is 2.05. The van der Waals surface area contributed by atoms with Gasteiger partial charge in [-0.25, -0.2) is 8.42 Å². The lowest BCUT2D eigenvalue weighted by molar-refractivity contribution is -0.151. The molecule has 1 saturated heterocycles. The fraction of sp³-hybridized carbons (Fsp3) is 0.486. The van der Waals surface area contributed by atoms with Gasteiger partial charge in [-0.3, -0.25) is 14.4 Å². The molecule has 0 amide bonds. The molecule has 0 aromatic heterocycles. The van der Waals surface area contributed by atoms with Crippen molar-refractivity contribution in [3.63, 3.8) is 0 Å². The molecule has 6 unspecified atom stereocenters. The lowest BCUT2D eigenvalue weighted by Crippen LogP contribution is -2.52. The van der Waals surface area contributed by atoms with Gasteiger partial charge in [0.25, 0.3) is 10.0 Å². The number of rotatable bonds is 4. The summed E-state index contributed by atoms with van der Waals surface area (Å²) in [6.45, 7) is 13.2. The number of benzene rings is 2. The predicted octanol–water partition coefficient (Wildman–Crippen LogP) is 6.96. The normalized spacial score (nSPS) is 27.6. The van der Waals surface area contributed by atoms with E-state index in [1.807, 2.05) is 44.2 Å². The van der Waals surface area contributed by atoms with Gasteiger partial charge in [0.1, 0.15) is 11.7 Å². The Balaban J connectivity index is 0.000000335. The number of hydroxylamine groups is 1. The van der Waals surface area contributed by atoms with E-state index in [0.29, 0.717) is 30.1 Å². The maximum Gasteiger partial charge on any atom is 0.267 e. The van der Waals surface area contributed by atoms with Crippen LogP contribution >= 0.6 is 0 Å². The van der Waals surface area contributed by atoms with Gasteiger partial charge in [-0.15, -0.1) is 0 Å². The number of Topliss-reactive ketones (excluding diaryl/α,β-unsaturated/α-hetero) is 2. The molecule has 0 bridgehead atoms. The Morgan fingerprint density at radius 1 is 0.955 bits per heavy atom. The van der Waals surface area contributed by atoms with E-state index in [2.05, 4.69) is 13.5 Å². The Bertz CT molecular complexity index is 1400. The topological polar surface area (TPSA) is 124 Å². The van der Waals surface area contributed by atoms with Gasteiger partial charge >= 0.3 is 0 Å². The van der Waals surface area contributed by atoms with E-state index in [1.165, 1.54) is 12.0 Å². The minimum Gasteiger partial charge on any atom is -0.385 e. The van der Waals surface area contributed by atoms with E-state index < -0.39 is 33.7 Å². The maximum absolute atomic E-state index is 12.2. The zero-order valence-electron chi connectivity index (χ0n) is 25.1. The van der Waals surface area contributed by atoms with Crippen molar-refractivity contribution in [1.29, 1.82) is 0 Å². The van der Waals surface area contributed by atoms with Crippen LogP contribution in [0.3, 0.4) is 0 Å². The fourth-order valence-electron chi connectivity index (χ4n) is 5.00. The number of carbonyl (C=O) groups is 2. The first kappa shape index (κ1) is 39.1. The van der Waals surface area contributed by atoms with E-state index in [9.17, 15) is 28.2 Å². The van der Waals surface area contributed by atoms with Crippen LogP contribution in [0, 0.1) is 11.8 Å². The standard InChI is InChI=1S/C13H11NO3S.C10H16O3.C10H16O.2CH4/c15-18(16,12-9-5-2-6-10-12)14-13(17-14)11-7-3-1-4-8-11;1-6(2)10(13)5-4-7(3)8(11)9(10)12;1-7(2)9-5-4-8(3)6-10(9)11;;/h1-10,13H;7-8,11,13H,1,4-5H2,2-3H3;8H,4-6H2,1-3H3;2*1H4. The lowest BCUT2D eigenvalue weighted by Gasteiger charge is -2.36. The molecule has 0 radical (unpaired) electrons. The van der Waals surface area contributed by atoms with Crippen molar-refractivity contribution >= 4 is 21.6 Å². The summed E-state index contributed by atoms with van der Waals surface area (Å²) < 4.78 is 25.4. The molecule has 244 valence electrons. The van der Waals surface area contributed by atoms with Crippen molar-refractivity contribution < 1.29 is 33.1 Å². The summed E-state index contributed by atoms with van der Waals surface area (Å²) in [5, 5.41) is 19.4. The molecular formula is C35H51NO7S. The minimum absolute atomic E-state index is 0. The number of allylic oxidation sites excluding steroid dienone is 2. The van der Waals surface area contributed by atoms with Gasteiger partial charge < -0.3 is 10.2 Å². The van der Waals surface area contributed by atoms with Gasteiger partial charge in [-0.1, -0.05) is 89.4 Å². The average Bonchev–Trinajstić information content (AvgIpc) is 3.78. The second-order valence-corrected chi connectivity index (χ2v) is 13.4. The molecule has 2 N–H and O–H groups in total. The molecule has 2 aromatic carbocycles. The summed E-state index contributed by atoms with van der Waals surface area (Å²) >= 11 is 0. The summed E-state index contributed by atoms with van der Waals surface area (Å²) in [5.74, 6) is 0.417. The highest BCUT2D eigenvalue weighted by molar-refractivity contribution is 7.89. The molecule has 3 fully saturated rings. The highest BCUT2D eigenvalue weighted by Crippen LogP contribution is 2.42. The van der Waals surface area contributed by atoms with Crippen molar-refractivity contribution in [1.82, 2.24) is 4.47 Å². The Morgan fingerprint density at radius 3 is 2.00 bits per heavy atom. The molecule has 1 heterocycles. The molecule has 1 aliphatic heterocycles. The molecule has 8 nitrogen and oxygen atoms in total. The number of ketones is 2. The second-order valence-electron chi connectivity index (χ2n) is 11.7. The average molecular weight is 630 g/mol. The third-order valence-electron chi connectivity index (χ3n) is 7.96. The third kappa shape index (κ3) is 9.28. The third-order valence-corrected chi connectivity index (χ3v) is 9.58. The number of hydrogen-bond donors (Lipinski definition) is 2. The first-order chi connectivity index (χ1) is 19.7. The van der Waals surface area contributed by atoms with Gasteiger partial charge in [0.2, 0.25) is 0 Å². The van der Waals surface area contributed by atoms with Crippen molar-refractivity contribution in [2.24, 2.45) is 11.8 Å².